The second-order valence-corrected chi connectivity index (χ2v) is 6.90. The van der Waals surface area contributed by atoms with Gasteiger partial charge in [0.1, 0.15) is 0 Å². The van der Waals surface area contributed by atoms with Crippen molar-refractivity contribution < 1.29 is 4.79 Å². The van der Waals surface area contributed by atoms with E-state index in [1.165, 1.54) is 37.1 Å². The van der Waals surface area contributed by atoms with Gasteiger partial charge in [0.15, 0.2) is 0 Å². The van der Waals surface area contributed by atoms with Gasteiger partial charge in [-0.1, -0.05) is 24.3 Å². The summed E-state index contributed by atoms with van der Waals surface area (Å²) in [7, 11) is 0. The van der Waals surface area contributed by atoms with Gasteiger partial charge in [-0.2, -0.15) is 0 Å². The number of hydrogen-bond donors (Lipinski definition) is 2. The van der Waals surface area contributed by atoms with Gasteiger partial charge in [-0.15, -0.1) is 0 Å². The minimum Gasteiger partial charge on any atom is -0.352 e. The molecule has 0 saturated carbocycles. The third-order valence-electron chi connectivity index (χ3n) is 5.04. The van der Waals surface area contributed by atoms with Crippen LogP contribution in [0.3, 0.4) is 0 Å². The van der Waals surface area contributed by atoms with Crippen LogP contribution in [-0.2, 0) is 17.9 Å². The van der Waals surface area contributed by atoms with Crippen LogP contribution in [0.1, 0.15) is 43.2 Å². The van der Waals surface area contributed by atoms with Gasteiger partial charge >= 0.3 is 0 Å². The Hall–Kier alpha value is -1.39. The third kappa shape index (κ3) is 5.05. The molecule has 1 unspecified atom stereocenters. The van der Waals surface area contributed by atoms with E-state index in [2.05, 4.69) is 39.8 Å². The van der Waals surface area contributed by atoms with Crippen molar-refractivity contribution in [3.05, 3.63) is 35.4 Å². The number of carbonyl (C=O) groups excluding carboxylic acids is 1. The summed E-state index contributed by atoms with van der Waals surface area (Å²) in [4.78, 5) is 14.8. The normalized spacial score (nSPS) is 22.7. The summed E-state index contributed by atoms with van der Waals surface area (Å²) in [5.41, 5.74) is 2.56. The Morgan fingerprint density at radius 2 is 1.78 bits per heavy atom. The van der Waals surface area contributed by atoms with E-state index in [-0.39, 0.29) is 11.8 Å². The van der Waals surface area contributed by atoms with E-state index < -0.39 is 0 Å². The molecule has 23 heavy (non-hydrogen) atoms. The molecule has 0 bridgehead atoms. The number of nitrogens with zero attached hydrogens (tertiary/aromatic N) is 1. The van der Waals surface area contributed by atoms with Gasteiger partial charge in [-0.05, 0) is 69.4 Å². The molecule has 2 saturated heterocycles. The van der Waals surface area contributed by atoms with Crippen LogP contribution in [0, 0.1) is 5.92 Å². The van der Waals surface area contributed by atoms with Crippen molar-refractivity contribution in [1.29, 1.82) is 0 Å². The van der Waals surface area contributed by atoms with Gasteiger partial charge in [0, 0.05) is 19.0 Å². The molecule has 1 aromatic rings. The molecule has 2 aliphatic rings. The lowest BCUT2D eigenvalue weighted by atomic mass is 10.00. The maximum Gasteiger partial charge on any atom is 0.223 e. The Kier molecular flexibility index (Phi) is 6.06. The van der Waals surface area contributed by atoms with Crippen molar-refractivity contribution in [2.24, 2.45) is 5.92 Å². The molecule has 2 N–H and O–H groups in total. The lowest BCUT2D eigenvalue weighted by Gasteiger charge is -2.15. The second kappa shape index (κ2) is 8.46. The van der Waals surface area contributed by atoms with Crippen molar-refractivity contribution in [2.75, 3.05) is 26.2 Å². The fourth-order valence-electron chi connectivity index (χ4n) is 3.58. The monoisotopic (exact) mass is 315 g/mol. The SMILES string of the molecule is O=C(NCc1ccc(CN2CCCC2)cc1)C1CCCNCC1. The van der Waals surface area contributed by atoms with E-state index in [9.17, 15) is 4.79 Å². The Morgan fingerprint density at radius 1 is 1.04 bits per heavy atom. The predicted molar refractivity (Wildman–Crippen MR) is 93.0 cm³/mol. The van der Waals surface area contributed by atoms with Crippen LogP contribution < -0.4 is 10.6 Å². The fraction of sp³-hybridized carbons (Fsp3) is 0.632. The summed E-state index contributed by atoms with van der Waals surface area (Å²) in [5.74, 6) is 0.397. The second-order valence-electron chi connectivity index (χ2n) is 6.90. The molecule has 4 heteroatoms. The number of likely N-dealkylation sites (tertiary alicyclic amines) is 1. The highest BCUT2D eigenvalue weighted by molar-refractivity contribution is 5.78. The van der Waals surface area contributed by atoms with Crippen LogP contribution in [0.2, 0.25) is 0 Å². The summed E-state index contributed by atoms with van der Waals surface area (Å²) >= 11 is 0. The van der Waals surface area contributed by atoms with Gasteiger partial charge in [-0.3, -0.25) is 9.69 Å². The minimum atomic E-state index is 0.180. The molecule has 3 rings (SSSR count). The van der Waals surface area contributed by atoms with Crippen LogP contribution >= 0.6 is 0 Å². The van der Waals surface area contributed by atoms with Crippen LogP contribution in [0.4, 0.5) is 0 Å². The van der Waals surface area contributed by atoms with Gasteiger partial charge in [0.05, 0.1) is 0 Å². The number of benzene rings is 1. The zero-order valence-electron chi connectivity index (χ0n) is 14.0. The highest BCUT2D eigenvalue weighted by Gasteiger charge is 2.19. The third-order valence-corrected chi connectivity index (χ3v) is 5.04. The average Bonchev–Trinajstić information content (AvgIpc) is 2.93. The Bertz CT molecular complexity index is 486. The standard InChI is InChI=1S/C19H29N3O/c23-19(18-4-3-10-20-11-9-18)21-14-16-5-7-17(8-6-16)15-22-12-1-2-13-22/h5-8,18,20H,1-4,9-15H2,(H,21,23). The Balaban J connectivity index is 1.45. The van der Waals surface area contributed by atoms with Crippen molar-refractivity contribution >= 4 is 5.91 Å². The van der Waals surface area contributed by atoms with Crippen molar-refractivity contribution in [3.8, 4) is 0 Å². The molecular weight excluding hydrogens is 286 g/mol. The van der Waals surface area contributed by atoms with E-state index in [0.717, 1.165) is 38.9 Å². The van der Waals surface area contributed by atoms with Crippen LogP contribution in [0.15, 0.2) is 24.3 Å². The topological polar surface area (TPSA) is 44.4 Å². The summed E-state index contributed by atoms with van der Waals surface area (Å²) in [6, 6.07) is 8.71. The van der Waals surface area contributed by atoms with E-state index in [1.807, 2.05) is 0 Å². The molecule has 0 spiro atoms. The Labute approximate surface area is 139 Å². The molecule has 1 atom stereocenters. The Morgan fingerprint density at radius 3 is 2.57 bits per heavy atom. The van der Waals surface area contributed by atoms with E-state index in [4.69, 9.17) is 0 Å². The van der Waals surface area contributed by atoms with Gasteiger partial charge in [0.2, 0.25) is 5.91 Å². The first-order chi connectivity index (χ1) is 11.3. The number of rotatable bonds is 5. The average molecular weight is 315 g/mol. The molecule has 4 nitrogen and oxygen atoms in total. The number of carbonyl (C=O) groups is 1. The molecule has 126 valence electrons. The molecule has 2 fully saturated rings. The van der Waals surface area contributed by atoms with E-state index >= 15 is 0 Å². The first-order valence-electron chi connectivity index (χ1n) is 9.10. The summed E-state index contributed by atoms with van der Waals surface area (Å²) in [6.45, 7) is 6.17. The highest BCUT2D eigenvalue weighted by atomic mass is 16.1. The van der Waals surface area contributed by atoms with Crippen molar-refractivity contribution in [3.63, 3.8) is 0 Å². The number of hydrogen-bond acceptors (Lipinski definition) is 3. The fourth-order valence-corrected chi connectivity index (χ4v) is 3.58. The molecule has 0 aromatic heterocycles. The molecule has 2 heterocycles. The van der Waals surface area contributed by atoms with Gasteiger partial charge in [0.25, 0.3) is 0 Å². The lowest BCUT2D eigenvalue weighted by Crippen LogP contribution is -2.30. The van der Waals surface area contributed by atoms with Gasteiger partial charge in [-0.25, -0.2) is 0 Å². The number of amides is 1. The summed E-state index contributed by atoms with van der Waals surface area (Å²) in [6.07, 6.45) is 5.74. The lowest BCUT2D eigenvalue weighted by molar-refractivity contribution is -0.125. The molecule has 1 amide bonds. The zero-order chi connectivity index (χ0) is 15.9. The summed E-state index contributed by atoms with van der Waals surface area (Å²) < 4.78 is 0. The van der Waals surface area contributed by atoms with Crippen molar-refractivity contribution in [1.82, 2.24) is 15.5 Å². The maximum absolute atomic E-state index is 12.3. The zero-order valence-corrected chi connectivity index (χ0v) is 14.0. The van der Waals surface area contributed by atoms with Crippen LogP contribution in [-0.4, -0.2) is 37.0 Å². The smallest absolute Gasteiger partial charge is 0.223 e. The maximum atomic E-state index is 12.3. The van der Waals surface area contributed by atoms with Crippen LogP contribution in [0.25, 0.3) is 0 Å². The first-order valence-corrected chi connectivity index (χ1v) is 9.10. The predicted octanol–water partition coefficient (Wildman–Crippen LogP) is 2.29. The summed E-state index contributed by atoms with van der Waals surface area (Å²) in [5, 5.41) is 6.47. The number of nitrogens with one attached hydrogen (secondary N) is 2. The molecule has 2 aliphatic heterocycles. The quantitative estimate of drug-likeness (QED) is 0.876. The van der Waals surface area contributed by atoms with Gasteiger partial charge < -0.3 is 10.6 Å². The molecule has 1 aromatic carbocycles. The largest absolute Gasteiger partial charge is 0.352 e. The highest BCUT2D eigenvalue weighted by Crippen LogP contribution is 2.15. The molecular formula is C19H29N3O. The van der Waals surface area contributed by atoms with Crippen molar-refractivity contribution in [2.45, 2.75) is 45.2 Å². The molecule has 0 aliphatic carbocycles. The minimum absolute atomic E-state index is 0.180. The van der Waals surface area contributed by atoms with E-state index in [0.29, 0.717) is 6.54 Å². The van der Waals surface area contributed by atoms with Crippen LogP contribution in [0.5, 0.6) is 0 Å². The van der Waals surface area contributed by atoms with E-state index in [1.54, 1.807) is 0 Å². The first kappa shape index (κ1) is 16.5. The molecule has 0 radical (unpaired) electrons.